The standard InChI is InChI=1S/C12H22ClNO3/c1-12(2,3)9(7-11(16)17)8-14-10(15)5-4-6-13/h9H,4-8H2,1-3H3,(H,14,15)(H,16,17). The molecule has 1 amide bonds. The van der Waals surface area contributed by atoms with Gasteiger partial charge < -0.3 is 10.4 Å². The van der Waals surface area contributed by atoms with Gasteiger partial charge in [0.1, 0.15) is 0 Å². The van der Waals surface area contributed by atoms with Gasteiger partial charge in [-0.2, -0.15) is 0 Å². The van der Waals surface area contributed by atoms with Crippen LogP contribution in [-0.2, 0) is 9.59 Å². The van der Waals surface area contributed by atoms with E-state index in [9.17, 15) is 9.59 Å². The third kappa shape index (κ3) is 8.02. The molecule has 0 aromatic rings. The van der Waals surface area contributed by atoms with Gasteiger partial charge in [0.2, 0.25) is 5.91 Å². The number of carboxylic acid groups (broad SMARTS) is 1. The molecule has 0 fully saturated rings. The van der Waals surface area contributed by atoms with Crippen LogP contribution in [0.25, 0.3) is 0 Å². The number of hydrogen-bond acceptors (Lipinski definition) is 2. The maximum absolute atomic E-state index is 11.4. The van der Waals surface area contributed by atoms with Crippen LogP contribution in [-0.4, -0.2) is 29.4 Å². The van der Waals surface area contributed by atoms with E-state index in [4.69, 9.17) is 16.7 Å². The molecule has 1 unspecified atom stereocenters. The van der Waals surface area contributed by atoms with Gasteiger partial charge in [-0.25, -0.2) is 0 Å². The maximum Gasteiger partial charge on any atom is 0.303 e. The number of hydrogen-bond donors (Lipinski definition) is 2. The van der Waals surface area contributed by atoms with Gasteiger partial charge in [-0.1, -0.05) is 20.8 Å². The van der Waals surface area contributed by atoms with E-state index in [1.807, 2.05) is 20.8 Å². The minimum Gasteiger partial charge on any atom is -0.481 e. The summed E-state index contributed by atoms with van der Waals surface area (Å²) in [5.41, 5.74) is -0.141. The van der Waals surface area contributed by atoms with Crippen molar-refractivity contribution in [2.75, 3.05) is 12.4 Å². The van der Waals surface area contributed by atoms with E-state index in [2.05, 4.69) is 5.32 Å². The lowest BCUT2D eigenvalue weighted by Gasteiger charge is -2.29. The fourth-order valence-corrected chi connectivity index (χ4v) is 1.58. The highest BCUT2D eigenvalue weighted by molar-refractivity contribution is 6.17. The maximum atomic E-state index is 11.4. The first-order valence-electron chi connectivity index (χ1n) is 5.81. The van der Waals surface area contributed by atoms with Crippen LogP contribution < -0.4 is 5.32 Å². The molecule has 4 nitrogen and oxygen atoms in total. The van der Waals surface area contributed by atoms with E-state index < -0.39 is 5.97 Å². The van der Waals surface area contributed by atoms with Gasteiger partial charge in [0, 0.05) is 18.8 Å². The Hall–Kier alpha value is -0.770. The Labute approximate surface area is 108 Å². The van der Waals surface area contributed by atoms with Crippen LogP contribution in [0.5, 0.6) is 0 Å². The highest BCUT2D eigenvalue weighted by Gasteiger charge is 2.27. The average Bonchev–Trinajstić information content (AvgIpc) is 2.19. The molecule has 100 valence electrons. The number of rotatable bonds is 7. The molecule has 17 heavy (non-hydrogen) atoms. The fourth-order valence-electron chi connectivity index (χ4n) is 1.45. The van der Waals surface area contributed by atoms with Crippen LogP contribution >= 0.6 is 11.6 Å². The molecule has 0 rings (SSSR count). The smallest absolute Gasteiger partial charge is 0.303 e. The van der Waals surface area contributed by atoms with Gasteiger partial charge in [0.25, 0.3) is 0 Å². The van der Waals surface area contributed by atoms with Crippen molar-refractivity contribution < 1.29 is 14.7 Å². The third-order valence-corrected chi connectivity index (χ3v) is 3.00. The van der Waals surface area contributed by atoms with Crippen molar-refractivity contribution in [3.8, 4) is 0 Å². The lowest BCUT2D eigenvalue weighted by Crippen LogP contribution is -2.36. The summed E-state index contributed by atoms with van der Waals surface area (Å²) >= 11 is 5.49. The van der Waals surface area contributed by atoms with Crippen molar-refractivity contribution in [1.29, 1.82) is 0 Å². The van der Waals surface area contributed by atoms with E-state index in [1.54, 1.807) is 0 Å². The van der Waals surface area contributed by atoms with Crippen LogP contribution in [0.1, 0.15) is 40.0 Å². The van der Waals surface area contributed by atoms with Gasteiger partial charge in [-0.3, -0.25) is 9.59 Å². The summed E-state index contributed by atoms with van der Waals surface area (Å²) in [6, 6.07) is 0. The predicted octanol–water partition coefficient (Wildman–Crippen LogP) is 2.26. The first kappa shape index (κ1) is 16.2. The van der Waals surface area contributed by atoms with Crippen molar-refractivity contribution in [3.05, 3.63) is 0 Å². The Balaban J connectivity index is 4.17. The zero-order chi connectivity index (χ0) is 13.5. The minimum absolute atomic E-state index is 0.0645. The summed E-state index contributed by atoms with van der Waals surface area (Å²) in [5.74, 6) is -0.504. The quantitative estimate of drug-likeness (QED) is 0.693. The second-order valence-corrected chi connectivity index (χ2v) is 5.64. The zero-order valence-electron chi connectivity index (χ0n) is 10.8. The fraction of sp³-hybridized carbons (Fsp3) is 0.833. The molecule has 0 aliphatic carbocycles. The highest BCUT2D eigenvalue weighted by atomic mass is 35.5. The minimum atomic E-state index is -0.833. The summed E-state index contributed by atoms with van der Waals surface area (Å²) < 4.78 is 0. The molecule has 0 heterocycles. The van der Waals surface area contributed by atoms with Gasteiger partial charge in [-0.05, 0) is 17.8 Å². The Morgan fingerprint density at radius 2 is 1.94 bits per heavy atom. The second-order valence-electron chi connectivity index (χ2n) is 5.26. The number of nitrogens with one attached hydrogen (secondary N) is 1. The van der Waals surface area contributed by atoms with Crippen LogP contribution in [0.3, 0.4) is 0 Å². The molecule has 0 aliphatic heterocycles. The van der Waals surface area contributed by atoms with Gasteiger partial charge >= 0.3 is 5.97 Å². The van der Waals surface area contributed by atoms with Crippen LogP contribution in [0, 0.1) is 11.3 Å². The molecule has 0 saturated carbocycles. The second kappa shape index (κ2) is 7.54. The van der Waals surface area contributed by atoms with Crippen molar-refractivity contribution in [2.45, 2.75) is 40.0 Å². The van der Waals surface area contributed by atoms with Gasteiger partial charge in [0.05, 0.1) is 6.42 Å². The third-order valence-electron chi connectivity index (χ3n) is 2.73. The monoisotopic (exact) mass is 263 g/mol. The molecule has 0 aromatic carbocycles. The van der Waals surface area contributed by atoms with E-state index in [0.717, 1.165) is 0 Å². The lowest BCUT2D eigenvalue weighted by atomic mass is 9.78. The number of alkyl halides is 1. The summed E-state index contributed by atoms with van der Waals surface area (Å²) in [6.45, 7) is 6.33. The normalized spacial score (nSPS) is 13.2. The summed E-state index contributed by atoms with van der Waals surface area (Å²) in [6.07, 6.45) is 1.11. The molecule has 1 atom stereocenters. The first-order chi connectivity index (χ1) is 7.77. The number of carboxylic acids is 1. The molecular formula is C12H22ClNO3. The van der Waals surface area contributed by atoms with E-state index in [1.165, 1.54) is 0 Å². The summed E-state index contributed by atoms with van der Waals surface area (Å²) in [5, 5.41) is 11.6. The molecule has 0 bridgehead atoms. The Morgan fingerprint density at radius 3 is 2.35 bits per heavy atom. The SMILES string of the molecule is CC(C)(C)C(CNC(=O)CCCCl)CC(=O)O. The molecule has 5 heteroatoms. The molecule has 0 aromatic heterocycles. The molecule has 0 aliphatic rings. The van der Waals surface area contributed by atoms with Gasteiger partial charge in [0.15, 0.2) is 0 Å². The molecule has 0 radical (unpaired) electrons. The molecule has 2 N–H and O–H groups in total. The highest BCUT2D eigenvalue weighted by Crippen LogP contribution is 2.28. The van der Waals surface area contributed by atoms with E-state index >= 15 is 0 Å². The topological polar surface area (TPSA) is 66.4 Å². The predicted molar refractivity (Wildman–Crippen MR) is 68.2 cm³/mol. The average molecular weight is 264 g/mol. The Kier molecular flexibility index (Phi) is 7.19. The van der Waals surface area contributed by atoms with Crippen molar-refractivity contribution >= 4 is 23.5 Å². The largest absolute Gasteiger partial charge is 0.481 e. The summed E-state index contributed by atoms with van der Waals surface area (Å²) in [4.78, 5) is 22.1. The van der Waals surface area contributed by atoms with Crippen LogP contribution in [0.4, 0.5) is 0 Å². The van der Waals surface area contributed by atoms with Crippen LogP contribution in [0.15, 0.2) is 0 Å². The molecule has 0 spiro atoms. The number of aliphatic carboxylic acids is 1. The number of amides is 1. The van der Waals surface area contributed by atoms with Crippen molar-refractivity contribution in [2.24, 2.45) is 11.3 Å². The molecule has 0 saturated heterocycles. The van der Waals surface area contributed by atoms with Crippen molar-refractivity contribution in [1.82, 2.24) is 5.32 Å². The van der Waals surface area contributed by atoms with E-state index in [0.29, 0.717) is 25.3 Å². The van der Waals surface area contributed by atoms with E-state index in [-0.39, 0.29) is 23.7 Å². The first-order valence-corrected chi connectivity index (χ1v) is 6.35. The number of carbonyl (C=O) groups is 2. The van der Waals surface area contributed by atoms with Crippen LogP contribution in [0.2, 0.25) is 0 Å². The zero-order valence-corrected chi connectivity index (χ0v) is 11.5. The molecular weight excluding hydrogens is 242 g/mol. The van der Waals surface area contributed by atoms with Gasteiger partial charge in [-0.15, -0.1) is 11.6 Å². The lowest BCUT2D eigenvalue weighted by molar-refractivity contribution is -0.139. The number of halogens is 1. The summed E-state index contributed by atoms with van der Waals surface area (Å²) in [7, 11) is 0. The Bertz CT molecular complexity index is 261. The Morgan fingerprint density at radius 1 is 1.35 bits per heavy atom. The van der Waals surface area contributed by atoms with Crippen molar-refractivity contribution in [3.63, 3.8) is 0 Å². The number of carbonyl (C=O) groups excluding carboxylic acids is 1.